The number of carbonyl (C=O) groups is 1. The zero-order valence-corrected chi connectivity index (χ0v) is 9.68. The van der Waals surface area contributed by atoms with Crippen molar-refractivity contribution in [3.8, 4) is 0 Å². The number of carbonyl (C=O) groups excluding carboxylic acids is 1. The molecular weight excluding hydrogens is 176 g/mol. The summed E-state index contributed by atoms with van der Waals surface area (Å²) in [7, 11) is 0. The zero-order valence-electron chi connectivity index (χ0n) is 9.68. The third-order valence-corrected chi connectivity index (χ3v) is 2.76. The first-order valence-electron chi connectivity index (χ1n) is 5.45. The summed E-state index contributed by atoms with van der Waals surface area (Å²) in [4.78, 5) is 11.7. The van der Waals surface area contributed by atoms with Crippen molar-refractivity contribution in [3.05, 3.63) is 0 Å². The third kappa shape index (κ3) is 2.98. The molecule has 82 valence electrons. The number of rotatable bonds is 1. The van der Waals surface area contributed by atoms with E-state index in [2.05, 4.69) is 17.6 Å². The van der Waals surface area contributed by atoms with Crippen LogP contribution in [0.1, 0.15) is 40.5 Å². The third-order valence-electron chi connectivity index (χ3n) is 2.76. The van der Waals surface area contributed by atoms with Crippen molar-refractivity contribution < 1.29 is 4.79 Å². The molecule has 2 atom stereocenters. The van der Waals surface area contributed by atoms with Gasteiger partial charge in [0.1, 0.15) is 0 Å². The normalized spacial score (nSPS) is 28.6. The maximum Gasteiger partial charge on any atom is 0.225 e. The molecule has 0 aliphatic carbocycles. The molecule has 14 heavy (non-hydrogen) atoms. The predicted molar refractivity (Wildman–Crippen MR) is 58.1 cm³/mol. The molecular formula is C11H22N2O. The first-order chi connectivity index (χ1) is 6.41. The van der Waals surface area contributed by atoms with E-state index in [0.29, 0.717) is 12.1 Å². The smallest absolute Gasteiger partial charge is 0.225 e. The highest BCUT2D eigenvalue weighted by Gasteiger charge is 2.27. The molecule has 1 saturated heterocycles. The highest BCUT2D eigenvalue weighted by Crippen LogP contribution is 2.15. The zero-order chi connectivity index (χ0) is 10.8. The van der Waals surface area contributed by atoms with Gasteiger partial charge in [-0.2, -0.15) is 0 Å². The molecule has 0 aromatic rings. The van der Waals surface area contributed by atoms with Crippen molar-refractivity contribution in [3.63, 3.8) is 0 Å². The second kappa shape index (κ2) is 4.30. The second-order valence-corrected chi connectivity index (χ2v) is 5.21. The number of piperidine rings is 1. The van der Waals surface area contributed by atoms with Gasteiger partial charge < -0.3 is 10.6 Å². The molecule has 3 heteroatoms. The van der Waals surface area contributed by atoms with Gasteiger partial charge in [-0.3, -0.25) is 4.79 Å². The lowest BCUT2D eigenvalue weighted by Gasteiger charge is -2.32. The summed E-state index contributed by atoms with van der Waals surface area (Å²) in [5, 5.41) is 6.48. The second-order valence-electron chi connectivity index (χ2n) is 5.21. The summed E-state index contributed by atoms with van der Waals surface area (Å²) in [5.74, 6) is 0.151. The van der Waals surface area contributed by atoms with Gasteiger partial charge >= 0.3 is 0 Å². The summed E-state index contributed by atoms with van der Waals surface area (Å²) in [6.45, 7) is 9.05. The molecule has 0 aromatic carbocycles. The first kappa shape index (κ1) is 11.5. The molecule has 0 spiro atoms. The Hall–Kier alpha value is -0.570. The van der Waals surface area contributed by atoms with Crippen molar-refractivity contribution in [1.29, 1.82) is 0 Å². The van der Waals surface area contributed by atoms with Gasteiger partial charge in [-0.1, -0.05) is 20.8 Å². The Morgan fingerprint density at radius 1 is 1.43 bits per heavy atom. The van der Waals surface area contributed by atoms with E-state index in [0.717, 1.165) is 19.4 Å². The van der Waals surface area contributed by atoms with Crippen LogP contribution >= 0.6 is 0 Å². The maximum atomic E-state index is 11.7. The molecule has 0 saturated carbocycles. The predicted octanol–water partition coefficient (Wildman–Crippen LogP) is 1.29. The molecule has 2 N–H and O–H groups in total. The average Bonchev–Trinajstić information content (AvgIpc) is 2.07. The Kier molecular flexibility index (Phi) is 3.53. The Bertz CT molecular complexity index is 208. The van der Waals surface area contributed by atoms with Crippen molar-refractivity contribution in [2.75, 3.05) is 6.54 Å². The molecule has 0 unspecified atom stereocenters. The number of nitrogens with one attached hydrogen (secondary N) is 2. The van der Waals surface area contributed by atoms with Crippen LogP contribution in [0.25, 0.3) is 0 Å². The van der Waals surface area contributed by atoms with Crippen LogP contribution in [0.4, 0.5) is 0 Å². The number of hydrogen-bond donors (Lipinski definition) is 2. The van der Waals surface area contributed by atoms with E-state index in [1.165, 1.54) is 0 Å². The molecule has 0 aromatic heterocycles. The molecule has 1 aliphatic heterocycles. The van der Waals surface area contributed by atoms with Crippen LogP contribution in [0.5, 0.6) is 0 Å². The lowest BCUT2D eigenvalue weighted by Crippen LogP contribution is -2.54. The van der Waals surface area contributed by atoms with E-state index in [1.807, 2.05) is 20.8 Å². The molecule has 1 heterocycles. The summed E-state index contributed by atoms with van der Waals surface area (Å²) < 4.78 is 0. The molecule has 1 fully saturated rings. The van der Waals surface area contributed by atoms with Gasteiger partial charge in [-0.15, -0.1) is 0 Å². The Morgan fingerprint density at radius 2 is 2.07 bits per heavy atom. The monoisotopic (exact) mass is 198 g/mol. The van der Waals surface area contributed by atoms with Crippen molar-refractivity contribution in [2.45, 2.75) is 52.6 Å². The number of amides is 1. The quantitative estimate of drug-likeness (QED) is 0.666. The van der Waals surface area contributed by atoms with Crippen LogP contribution in [-0.4, -0.2) is 24.5 Å². The molecule has 0 bridgehead atoms. The van der Waals surface area contributed by atoms with E-state index >= 15 is 0 Å². The Morgan fingerprint density at radius 3 is 2.57 bits per heavy atom. The summed E-state index contributed by atoms with van der Waals surface area (Å²) in [6.07, 6.45) is 2.25. The largest absolute Gasteiger partial charge is 0.351 e. The van der Waals surface area contributed by atoms with Crippen LogP contribution < -0.4 is 10.6 Å². The first-order valence-corrected chi connectivity index (χ1v) is 5.45. The van der Waals surface area contributed by atoms with Gasteiger partial charge in [0.05, 0.1) is 0 Å². The summed E-state index contributed by atoms with van der Waals surface area (Å²) >= 11 is 0. The van der Waals surface area contributed by atoms with E-state index in [1.54, 1.807) is 0 Å². The van der Waals surface area contributed by atoms with E-state index in [9.17, 15) is 4.79 Å². The summed E-state index contributed by atoms with van der Waals surface area (Å²) in [6, 6.07) is 0.700. The molecule has 1 rings (SSSR count). The summed E-state index contributed by atoms with van der Waals surface area (Å²) in [5.41, 5.74) is -0.281. The van der Waals surface area contributed by atoms with E-state index in [4.69, 9.17) is 0 Å². The average molecular weight is 198 g/mol. The van der Waals surface area contributed by atoms with Crippen molar-refractivity contribution in [1.82, 2.24) is 10.6 Å². The van der Waals surface area contributed by atoms with Crippen LogP contribution in [0, 0.1) is 5.41 Å². The van der Waals surface area contributed by atoms with Gasteiger partial charge in [0.2, 0.25) is 5.91 Å². The van der Waals surface area contributed by atoms with Gasteiger partial charge in [-0.25, -0.2) is 0 Å². The minimum absolute atomic E-state index is 0.151. The SMILES string of the molecule is C[C@@H]1NCCC[C@@H]1NC(=O)C(C)(C)C. The molecule has 3 nitrogen and oxygen atoms in total. The van der Waals surface area contributed by atoms with Crippen LogP contribution in [0.15, 0.2) is 0 Å². The van der Waals surface area contributed by atoms with E-state index < -0.39 is 0 Å². The van der Waals surface area contributed by atoms with Gasteiger partial charge in [-0.05, 0) is 26.3 Å². The van der Waals surface area contributed by atoms with Gasteiger partial charge in [0, 0.05) is 17.5 Å². The Labute approximate surface area is 86.6 Å². The highest BCUT2D eigenvalue weighted by atomic mass is 16.2. The van der Waals surface area contributed by atoms with Crippen LogP contribution in [0.3, 0.4) is 0 Å². The fraction of sp³-hybridized carbons (Fsp3) is 0.909. The van der Waals surface area contributed by atoms with Crippen molar-refractivity contribution in [2.24, 2.45) is 5.41 Å². The van der Waals surface area contributed by atoms with Gasteiger partial charge in [0.15, 0.2) is 0 Å². The van der Waals surface area contributed by atoms with Gasteiger partial charge in [0.25, 0.3) is 0 Å². The lowest BCUT2D eigenvalue weighted by atomic mass is 9.93. The highest BCUT2D eigenvalue weighted by molar-refractivity contribution is 5.81. The lowest BCUT2D eigenvalue weighted by molar-refractivity contribution is -0.129. The Balaban J connectivity index is 2.46. The number of hydrogen-bond acceptors (Lipinski definition) is 2. The van der Waals surface area contributed by atoms with Crippen LogP contribution in [-0.2, 0) is 4.79 Å². The topological polar surface area (TPSA) is 41.1 Å². The standard InChI is InChI=1S/C11H22N2O/c1-8-9(6-5-7-12-8)13-10(14)11(2,3)4/h8-9,12H,5-7H2,1-4H3,(H,13,14)/t8-,9-/m0/s1. The maximum absolute atomic E-state index is 11.7. The fourth-order valence-electron chi connectivity index (χ4n) is 1.63. The van der Waals surface area contributed by atoms with Crippen LogP contribution in [0.2, 0.25) is 0 Å². The van der Waals surface area contributed by atoms with E-state index in [-0.39, 0.29) is 11.3 Å². The fourth-order valence-corrected chi connectivity index (χ4v) is 1.63. The molecule has 1 aliphatic rings. The van der Waals surface area contributed by atoms with Crippen molar-refractivity contribution >= 4 is 5.91 Å². The molecule has 1 amide bonds. The minimum atomic E-state index is -0.281. The molecule has 0 radical (unpaired) electrons. The minimum Gasteiger partial charge on any atom is -0.351 e.